The van der Waals surface area contributed by atoms with Gasteiger partial charge in [-0.15, -0.1) is 11.3 Å². The number of aromatic nitrogens is 1. The third kappa shape index (κ3) is 4.86. The van der Waals surface area contributed by atoms with Crippen molar-refractivity contribution in [3.63, 3.8) is 0 Å². The van der Waals surface area contributed by atoms with Crippen LogP contribution in [0.3, 0.4) is 0 Å². The van der Waals surface area contributed by atoms with E-state index < -0.39 is 40.3 Å². The molecule has 2 fully saturated rings. The number of β-amino-alcohol motifs (C(OH)–C–C–N with tert-alkyl or cyclic N) is 1. The number of likely N-dealkylation sites (tertiary alicyclic amines) is 1. The fourth-order valence-corrected chi connectivity index (χ4v) is 6.50. The van der Waals surface area contributed by atoms with Crippen LogP contribution in [0.2, 0.25) is 0 Å². The second-order valence-corrected chi connectivity index (χ2v) is 13.5. The minimum Gasteiger partial charge on any atom is -0.391 e. The van der Waals surface area contributed by atoms with Crippen LogP contribution in [0.4, 0.5) is 0 Å². The zero-order chi connectivity index (χ0) is 29.0. The molecule has 3 aliphatic rings. The molecule has 4 unspecified atom stereocenters. The van der Waals surface area contributed by atoms with Gasteiger partial charge >= 0.3 is 0 Å². The molecule has 1 aromatic carbocycles. The number of nitrogens with zero attached hydrogens (tertiary/aromatic N) is 4. The first kappa shape index (κ1) is 28.1. The smallest absolute Gasteiger partial charge is 0.256 e. The minimum atomic E-state index is -1.06. The minimum absolute atomic E-state index is 0.0855. The van der Waals surface area contributed by atoms with E-state index in [0.717, 1.165) is 21.7 Å². The van der Waals surface area contributed by atoms with E-state index in [9.17, 15) is 24.8 Å². The van der Waals surface area contributed by atoms with Crippen molar-refractivity contribution in [3.8, 4) is 16.5 Å². The summed E-state index contributed by atoms with van der Waals surface area (Å²) in [5, 5.41) is 22.9. The van der Waals surface area contributed by atoms with E-state index in [4.69, 9.17) is 0 Å². The molecule has 2 N–H and O–H groups in total. The predicted octanol–water partition coefficient (Wildman–Crippen LogP) is 3.54. The number of nitriles is 1. The van der Waals surface area contributed by atoms with Crippen molar-refractivity contribution < 1.29 is 19.5 Å². The van der Waals surface area contributed by atoms with Crippen molar-refractivity contribution in [1.29, 1.82) is 5.26 Å². The number of aliphatic imine (C=N–C) groups is 1. The highest BCUT2D eigenvalue weighted by Crippen LogP contribution is 2.45. The Morgan fingerprint density at radius 1 is 1.25 bits per heavy atom. The zero-order valence-electron chi connectivity index (χ0n) is 23.5. The normalized spacial score (nSPS) is 26.3. The highest BCUT2D eigenvalue weighted by atomic mass is 32.1. The number of carbonyl (C=O) groups excluding carboxylic acids is 3. The third-order valence-corrected chi connectivity index (χ3v) is 9.49. The number of thiazole rings is 1. The van der Waals surface area contributed by atoms with Gasteiger partial charge < -0.3 is 15.3 Å². The molecular weight excluding hydrogens is 526 g/mol. The fraction of sp³-hybridized carbons (Fsp3) is 0.533. The number of carbonyl (C=O) groups is 3. The fourth-order valence-electron chi connectivity index (χ4n) is 5.69. The summed E-state index contributed by atoms with van der Waals surface area (Å²) >= 11 is 1.57. The molecule has 3 heterocycles. The second-order valence-electron chi connectivity index (χ2n) is 12.6. The molecule has 40 heavy (non-hydrogen) atoms. The molecular formula is C30H35N5O4S. The van der Waals surface area contributed by atoms with Crippen LogP contribution in [-0.4, -0.2) is 63.2 Å². The van der Waals surface area contributed by atoms with Crippen molar-refractivity contribution >= 4 is 34.8 Å². The summed E-state index contributed by atoms with van der Waals surface area (Å²) in [6.45, 7) is 9.48. The van der Waals surface area contributed by atoms with E-state index in [1.54, 1.807) is 16.2 Å². The first-order chi connectivity index (χ1) is 18.8. The van der Waals surface area contributed by atoms with Crippen LogP contribution in [0, 0.1) is 29.1 Å². The molecule has 1 saturated carbocycles. The Kier molecular flexibility index (Phi) is 6.95. The molecule has 1 aromatic heterocycles. The lowest BCUT2D eigenvalue weighted by molar-refractivity contribution is -0.140. The van der Waals surface area contributed by atoms with Gasteiger partial charge in [-0.2, -0.15) is 5.26 Å². The highest BCUT2D eigenvalue weighted by Gasteiger charge is 2.54. The lowest BCUT2D eigenvalue weighted by Gasteiger charge is -2.36. The lowest BCUT2D eigenvalue weighted by Crippen LogP contribution is -2.57. The van der Waals surface area contributed by atoms with Gasteiger partial charge in [0.1, 0.15) is 11.5 Å². The number of nitrogens with one attached hydrogen (secondary N) is 1. The molecule has 0 radical (unpaired) electrons. The second kappa shape index (κ2) is 9.89. The van der Waals surface area contributed by atoms with Crippen LogP contribution >= 0.6 is 11.3 Å². The van der Waals surface area contributed by atoms with Crippen molar-refractivity contribution in [2.45, 2.75) is 83.9 Å². The monoisotopic (exact) mass is 561 g/mol. The van der Waals surface area contributed by atoms with Crippen LogP contribution in [0.25, 0.3) is 10.4 Å². The summed E-state index contributed by atoms with van der Waals surface area (Å²) in [4.78, 5) is 51.6. The molecule has 2 aliphatic heterocycles. The third-order valence-electron chi connectivity index (χ3n) is 8.52. The van der Waals surface area contributed by atoms with Crippen molar-refractivity contribution in [3.05, 3.63) is 41.0 Å². The number of benzene rings is 1. The molecule has 0 spiro atoms. The van der Waals surface area contributed by atoms with Crippen molar-refractivity contribution in [2.24, 2.45) is 15.8 Å². The summed E-state index contributed by atoms with van der Waals surface area (Å²) in [6, 6.07) is 8.52. The first-order valence-electron chi connectivity index (χ1n) is 13.6. The maximum Gasteiger partial charge on any atom is 0.256 e. The van der Waals surface area contributed by atoms with Crippen LogP contribution in [0.1, 0.15) is 64.6 Å². The lowest BCUT2D eigenvalue weighted by atomic mass is 9.78. The molecule has 3 amide bonds. The summed E-state index contributed by atoms with van der Waals surface area (Å²) in [5.41, 5.74) is 2.62. The number of aliphatic hydroxyl groups is 1. The van der Waals surface area contributed by atoms with Gasteiger partial charge in [-0.1, -0.05) is 45.0 Å². The average molecular weight is 562 g/mol. The molecule has 2 aromatic rings. The van der Waals surface area contributed by atoms with E-state index >= 15 is 0 Å². The Balaban J connectivity index is 1.37. The van der Waals surface area contributed by atoms with E-state index in [-0.39, 0.29) is 24.8 Å². The molecule has 1 aliphatic carbocycles. The van der Waals surface area contributed by atoms with Crippen LogP contribution in [0.5, 0.6) is 0 Å². The Hall–Kier alpha value is -3.42. The summed E-state index contributed by atoms with van der Waals surface area (Å²) in [7, 11) is 0. The molecule has 4 atom stereocenters. The van der Waals surface area contributed by atoms with Crippen LogP contribution in [-0.2, 0) is 19.8 Å². The van der Waals surface area contributed by atoms with Gasteiger partial charge in [-0.25, -0.2) is 9.98 Å². The van der Waals surface area contributed by atoms with Crippen molar-refractivity contribution in [1.82, 2.24) is 15.2 Å². The number of aryl methyl sites for hydroxylation is 1. The van der Waals surface area contributed by atoms with Gasteiger partial charge in [-0.3, -0.25) is 14.4 Å². The molecule has 9 nitrogen and oxygen atoms in total. The maximum atomic E-state index is 13.9. The number of hydrogen-bond donors (Lipinski definition) is 2. The summed E-state index contributed by atoms with van der Waals surface area (Å²) in [6.07, 6.45) is 0.785. The van der Waals surface area contributed by atoms with E-state index in [2.05, 4.69) is 21.4 Å². The van der Waals surface area contributed by atoms with Gasteiger partial charge in [-0.05, 0) is 43.2 Å². The van der Waals surface area contributed by atoms with E-state index in [0.29, 0.717) is 25.0 Å². The summed E-state index contributed by atoms with van der Waals surface area (Å²) < 4.78 is 0. The standard InChI is InChI=1S/C30H35N5O4S/c1-17-23(40-16-32-17)18-6-8-19(9-7-18)29(5)13-21(33-26(29)38)22-12-20(36)14-35(22)25(37)24(28(2,3)4)34-27(39)30(15-31)10-11-30/h6-9,16,20,22,24,36H,10-14H2,1-5H3,(H,34,39). The Morgan fingerprint density at radius 2 is 1.93 bits per heavy atom. The number of amides is 3. The predicted molar refractivity (Wildman–Crippen MR) is 151 cm³/mol. The SMILES string of the molecule is Cc1ncsc1-c1ccc(C2(C)CC(C3CC(O)CN3C(=O)C(NC(=O)C3(C#N)CC3)C(C)(C)C)=NC2=O)cc1. The number of hydrogen-bond acceptors (Lipinski definition) is 7. The van der Waals surface area contributed by atoms with Gasteiger partial charge in [0.05, 0.1) is 39.7 Å². The Morgan fingerprint density at radius 3 is 2.48 bits per heavy atom. The van der Waals surface area contributed by atoms with E-state index in [1.165, 1.54) is 0 Å². The summed E-state index contributed by atoms with van der Waals surface area (Å²) in [5.74, 6) is -1.05. The molecule has 0 bridgehead atoms. The van der Waals surface area contributed by atoms with Crippen molar-refractivity contribution in [2.75, 3.05) is 6.54 Å². The number of rotatable bonds is 6. The average Bonchev–Trinajstić information content (AvgIpc) is 3.28. The largest absolute Gasteiger partial charge is 0.391 e. The zero-order valence-corrected chi connectivity index (χ0v) is 24.3. The van der Waals surface area contributed by atoms with E-state index in [1.807, 2.05) is 64.4 Å². The van der Waals surface area contributed by atoms with Crippen LogP contribution < -0.4 is 5.32 Å². The van der Waals surface area contributed by atoms with Gasteiger partial charge in [0.2, 0.25) is 11.8 Å². The molecule has 1 saturated heterocycles. The number of aliphatic hydroxyl groups excluding tert-OH is 1. The maximum absolute atomic E-state index is 13.9. The molecule has 5 rings (SSSR count). The van der Waals surface area contributed by atoms with Crippen LogP contribution in [0.15, 0.2) is 34.8 Å². The van der Waals surface area contributed by atoms with Gasteiger partial charge in [0.25, 0.3) is 5.91 Å². The van der Waals surface area contributed by atoms with Gasteiger partial charge in [0.15, 0.2) is 0 Å². The first-order valence-corrected chi connectivity index (χ1v) is 14.5. The van der Waals surface area contributed by atoms with Gasteiger partial charge in [0, 0.05) is 25.1 Å². The molecule has 10 heteroatoms. The molecule has 210 valence electrons. The quantitative estimate of drug-likeness (QED) is 0.554. The Bertz CT molecular complexity index is 1430. The Labute approximate surface area is 238 Å². The highest BCUT2D eigenvalue weighted by molar-refractivity contribution is 7.13. The topological polar surface area (TPSA) is 136 Å².